The van der Waals surface area contributed by atoms with E-state index in [1.54, 1.807) is 0 Å². The standard InChI is InChI=1S/C11H23NO2/c1-3-11(12,4-2)8-14-9-13-7-10-5-6-10/h10H,3-9,12H2,1-2H3. The molecule has 0 spiro atoms. The summed E-state index contributed by atoms with van der Waals surface area (Å²) < 4.78 is 10.8. The second kappa shape index (κ2) is 5.69. The third kappa shape index (κ3) is 4.40. The molecule has 1 rings (SSSR count). The van der Waals surface area contributed by atoms with E-state index in [0.29, 0.717) is 13.4 Å². The van der Waals surface area contributed by atoms with Crippen LogP contribution in [0.3, 0.4) is 0 Å². The van der Waals surface area contributed by atoms with E-state index in [9.17, 15) is 0 Å². The summed E-state index contributed by atoms with van der Waals surface area (Å²) in [6.07, 6.45) is 4.55. The fourth-order valence-corrected chi connectivity index (χ4v) is 1.26. The summed E-state index contributed by atoms with van der Waals surface area (Å²) in [6.45, 7) is 6.05. The average Bonchev–Trinajstić information content (AvgIpc) is 3.01. The van der Waals surface area contributed by atoms with E-state index >= 15 is 0 Å². The van der Waals surface area contributed by atoms with Gasteiger partial charge in [0, 0.05) is 5.54 Å². The molecule has 84 valence electrons. The highest BCUT2D eigenvalue weighted by Crippen LogP contribution is 2.28. The van der Waals surface area contributed by atoms with Crippen molar-refractivity contribution in [2.45, 2.75) is 45.1 Å². The van der Waals surface area contributed by atoms with Crippen molar-refractivity contribution in [2.24, 2.45) is 11.7 Å². The number of ether oxygens (including phenoxy) is 2. The molecule has 14 heavy (non-hydrogen) atoms. The molecule has 0 atom stereocenters. The van der Waals surface area contributed by atoms with Crippen LogP contribution in [0.5, 0.6) is 0 Å². The van der Waals surface area contributed by atoms with Gasteiger partial charge in [-0.05, 0) is 31.6 Å². The molecular weight excluding hydrogens is 178 g/mol. The van der Waals surface area contributed by atoms with Crippen LogP contribution in [-0.2, 0) is 9.47 Å². The van der Waals surface area contributed by atoms with Crippen LogP contribution < -0.4 is 5.73 Å². The topological polar surface area (TPSA) is 44.5 Å². The lowest BCUT2D eigenvalue weighted by molar-refractivity contribution is -0.0721. The van der Waals surface area contributed by atoms with Crippen LogP contribution in [0.2, 0.25) is 0 Å². The van der Waals surface area contributed by atoms with E-state index in [1.165, 1.54) is 12.8 Å². The molecule has 3 nitrogen and oxygen atoms in total. The largest absolute Gasteiger partial charge is 0.355 e. The predicted octanol–water partition coefficient (Wildman–Crippen LogP) is 1.90. The van der Waals surface area contributed by atoms with Gasteiger partial charge in [0.2, 0.25) is 0 Å². The lowest BCUT2D eigenvalue weighted by Crippen LogP contribution is -2.43. The molecule has 1 aliphatic carbocycles. The Morgan fingerprint density at radius 2 is 1.86 bits per heavy atom. The van der Waals surface area contributed by atoms with Crippen molar-refractivity contribution in [1.82, 2.24) is 0 Å². The van der Waals surface area contributed by atoms with Gasteiger partial charge in [-0.25, -0.2) is 0 Å². The Bertz CT molecular complexity index is 153. The van der Waals surface area contributed by atoms with Crippen LogP contribution in [-0.4, -0.2) is 25.5 Å². The molecule has 0 aliphatic heterocycles. The van der Waals surface area contributed by atoms with Crippen molar-refractivity contribution in [3.8, 4) is 0 Å². The van der Waals surface area contributed by atoms with E-state index in [2.05, 4.69) is 13.8 Å². The molecule has 1 saturated carbocycles. The number of hydrogen-bond donors (Lipinski definition) is 1. The molecule has 0 aromatic carbocycles. The molecule has 0 aromatic rings. The summed E-state index contributed by atoms with van der Waals surface area (Å²) in [4.78, 5) is 0. The number of rotatable bonds is 8. The van der Waals surface area contributed by atoms with Crippen LogP contribution >= 0.6 is 0 Å². The monoisotopic (exact) mass is 201 g/mol. The zero-order valence-electron chi connectivity index (χ0n) is 9.42. The molecule has 0 aromatic heterocycles. The van der Waals surface area contributed by atoms with Gasteiger partial charge in [-0.3, -0.25) is 0 Å². The third-order valence-corrected chi connectivity index (χ3v) is 3.01. The smallest absolute Gasteiger partial charge is 0.146 e. The van der Waals surface area contributed by atoms with Gasteiger partial charge >= 0.3 is 0 Å². The van der Waals surface area contributed by atoms with Crippen molar-refractivity contribution in [1.29, 1.82) is 0 Å². The summed E-state index contributed by atoms with van der Waals surface area (Å²) in [7, 11) is 0. The van der Waals surface area contributed by atoms with E-state index in [0.717, 1.165) is 25.4 Å². The van der Waals surface area contributed by atoms with Crippen molar-refractivity contribution < 1.29 is 9.47 Å². The second-order valence-corrected chi connectivity index (χ2v) is 4.35. The van der Waals surface area contributed by atoms with Crippen LogP contribution in [0.25, 0.3) is 0 Å². The van der Waals surface area contributed by atoms with Crippen LogP contribution in [0.4, 0.5) is 0 Å². The first kappa shape index (κ1) is 12.0. The van der Waals surface area contributed by atoms with Gasteiger partial charge in [0.15, 0.2) is 0 Å². The minimum absolute atomic E-state index is 0.164. The Morgan fingerprint density at radius 1 is 1.21 bits per heavy atom. The lowest BCUT2D eigenvalue weighted by Gasteiger charge is -2.26. The van der Waals surface area contributed by atoms with Crippen molar-refractivity contribution in [2.75, 3.05) is 20.0 Å². The van der Waals surface area contributed by atoms with Gasteiger partial charge in [-0.1, -0.05) is 13.8 Å². The summed E-state index contributed by atoms with van der Waals surface area (Å²) in [6, 6.07) is 0. The SMILES string of the molecule is CCC(N)(CC)COCOCC1CC1. The van der Waals surface area contributed by atoms with Gasteiger partial charge in [0.25, 0.3) is 0 Å². The third-order valence-electron chi connectivity index (χ3n) is 3.01. The first-order valence-corrected chi connectivity index (χ1v) is 5.64. The molecule has 2 N–H and O–H groups in total. The first-order chi connectivity index (χ1) is 6.70. The van der Waals surface area contributed by atoms with Crippen LogP contribution in [0, 0.1) is 5.92 Å². The molecule has 0 unspecified atom stereocenters. The molecule has 1 fully saturated rings. The Labute approximate surface area is 86.9 Å². The van der Waals surface area contributed by atoms with Crippen LogP contribution in [0.1, 0.15) is 39.5 Å². The highest BCUT2D eigenvalue weighted by atomic mass is 16.7. The van der Waals surface area contributed by atoms with Gasteiger partial charge in [0.05, 0.1) is 13.2 Å². The van der Waals surface area contributed by atoms with Gasteiger partial charge in [-0.15, -0.1) is 0 Å². The molecule has 1 aliphatic rings. The van der Waals surface area contributed by atoms with Gasteiger partial charge in [-0.2, -0.15) is 0 Å². The van der Waals surface area contributed by atoms with E-state index in [-0.39, 0.29) is 5.54 Å². The summed E-state index contributed by atoms with van der Waals surface area (Å²) in [5.41, 5.74) is 5.91. The molecule has 3 heteroatoms. The van der Waals surface area contributed by atoms with Crippen molar-refractivity contribution in [3.63, 3.8) is 0 Å². The molecule has 0 radical (unpaired) electrons. The summed E-state index contributed by atoms with van der Waals surface area (Å²) in [5, 5.41) is 0. The predicted molar refractivity (Wildman–Crippen MR) is 57.0 cm³/mol. The molecule has 0 saturated heterocycles. The van der Waals surface area contributed by atoms with E-state index in [1.807, 2.05) is 0 Å². The number of hydrogen-bond acceptors (Lipinski definition) is 3. The zero-order chi connectivity index (χ0) is 10.4. The minimum atomic E-state index is -0.164. The van der Waals surface area contributed by atoms with Gasteiger partial charge in [0.1, 0.15) is 6.79 Å². The Hall–Kier alpha value is -0.120. The summed E-state index contributed by atoms with van der Waals surface area (Å²) >= 11 is 0. The molecule has 0 heterocycles. The quantitative estimate of drug-likeness (QED) is 0.482. The average molecular weight is 201 g/mol. The molecule has 0 amide bonds. The van der Waals surface area contributed by atoms with Crippen molar-refractivity contribution >= 4 is 0 Å². The Kier molecular flexibility index (Phi) is 4.85. The Balaban J connectivity index is 1.95. The maximum atomic E-state index is 6.07. The van der Waals surface area contributed by atoms with Crippen LogP contribution in [0.15, 0.2) is 0 Å². The number of nitrogens with two attached hydrogens (primary N) is 1. The molecular formula is C11H23NO2. The lowest BCUT2D eigenvalue weighted by atomic mass is 9.96. The fourth-order valence-electron chi connectivity index (χ4n) is 1.26. The normalized spacial score (nSPS) is 17.4. The maximum absolute atomic E-state index is 6.07. The maximum Gasteiger partial charge on any atom is 0.146 e. The van der Waals surface area contributed by atoms with E-state index in [4.69, 9.17) is 15.2 Å². The first-order valence-electron chi connectivity index (χ1n) is 5.64. The highest BCUT2D eigenvalue weighted by molar-refractivity contribution is 4.80. The second-order valence-electron chi connectivity index (χ2n) is 4.35. The minimum Gasteiger partial charge on any atom is -0.355 e. The fraction of sp³-hybridized carbons (Fsp3) is 1.00. The van der Waals surface area contributed by atoms with Gasteiger partial charge < -0.3 is 15.2 Å². The Morgan fingerprint density at radius 3 is 2.36 bits per heavy atom. The summed E-state index contributed by atoms with van der Waals surface area (Å²) in [5.74, 6) is 0.804. The highest BCUT2D eigenvalue weighted by Gasteiger charge is 2.22. The zero-order valence-corrected chi connectivity index (χ0v) is 9.42. The van der Waals surface area contributed by atoms with Crippen molar-refractivity contribution in [3.05, 3.63) is 0 Å². The molecule has 0 bridgehead atoms. The van der Waals surface area contributed by atoms with E-state index < -0.39 is 0 Å².